The predicted molar refractivity (Wildman–Crippen MR) is 73.5 cm³/mol. The van der Waals surface area contributed by atoms with Crippen molar-refractivity contribution in [1.29, 1.82) is 0 Å². The fraction of sp³-hybridized carbons (Fsp3) is 0.857. The summed E-state index contributed by atoms with van der Waals surface area (Å²) in [4.78, 5) is 0. The number of rotatable bonds is 9. The molecule has 0 aliphatic rings. The monoisotopic (exact) mass is 253 g/mol. The first-order chi connectivity index (χ1) is 8.58. The van der Waals surface area contributed by atoms with E-state index in [4.69, 9.17) is 4.74 Å². The van der Waals surface area contributed by atoms with Gasteiger partial charge in [0.05, 0.1) is 11.8 Å². The zero-order valence-electron chi connectivity index (χ0n) is 12.2. The van der Waals surface area contributed by atoms with Gasteiger partial charge in [0, 0.05) is 19.3 Å². The summed E-state index contributed by atoms with van der Waals surface area (Å²) < 4.78 is 7.47. The molecule has 0 amide bonds. The molecule has 0 aromatic carbocycles. The van der Waals surface area contributed by atoms with Crippen molar-refractivity contribution < 1.29 is 4.74 Å². The minimum absolute atomic E-state index is 0.316. The Morgan fingerprint density at radius 2 is 2.00 bits per heavy atom. The van der Waals surface area contributed by atoms with Gasteiger partial charge in [0.25, 0.3) is 0 Å². The highest BCUT2D eigenvalue weighted by Gasteiger charge is 2.02. The van der Waals surface area contributed by atoms with E-state index in [2.05, 4.69) is 44.2 Å². The maximum atomic E-state index is 5.51. The molecule has 0 spiro atoms. The molecule has 18 heavy (non-hydrogen) atoms. The van der Waals surface area contributed by atoms with Crippen LogP contribution in [-0.4, -0.2) is 27.7 Å². The van der Waals surface area contributed by atoms with Crippen LogP contribution in [0.1, 0.15) is 52.7 Å². The molecule has 0 radical (unpaired) electrons. The first-order valence-electron chi connectivity index (χ1n) is 7.08. The van der Waals surface area contributed by atoms with Gasteiger partial charge in [-0.1, -0.05) is 19.1 Å². The van der Waals surface area contributed by atoms with Gasteiger partial charge in [-0.05, 0) is 45.4 Å². The third kappa shape index (κ3) is 6.74. The molecular formula is C14H27N3O. The van der Waals surface area contributed by atoms with Crippen molar-refractivity contribution >= 4 is 0 Å². The predicted octanol–water partition coefficient (Wildman–Crippen LogP) is 3.07. The highest BCUT2D eigenvalue weighted by molar-refractivity contribution is 4.92. The second kappa shape index (κ2) is 8.25. The summed E-state index contributed by atoms with van der Waals surface area (Å²) in [5, 5.41) is 8.34. The number of nitrogens with zero attached hydrogens (tertiary/aromatic N) is 3. The first-order valence-corrected chi connectivity index (χ1v) is 7.08. The van der Waals surface area contributed by atoms with E-state index in [1.807, 2.05) is 4.68 Å². The molecule has 1 heterocycles. The Balaban J connectivity index is 2.17. The van der Waals surface area contributed by atoms with Crippen molar-refractivity contribution in [2.24, 2.45) is 5.92 Å². The molecule has 0 saturated heterocycles. The number of hydrogen-bond donors (Lipinski definition) is 0. The topological polar surface area (TPSA) is 39.9 Å². The molecule has 1 rings (SSSR count). The van der Waals surface area contributed by atoms with E-state index in [1.165, 1.54) is 12.8 Å². The van der Waals surface area contributed by atoms with Crippen molar-refractivity contribution in [1.82, 2.24) is 15.0 Å². The van der Waals surface area contributed by atoms with Gasteiger partial charge >= 0.3 is 0 Å². The Bertz CT molecular complexity index is 321. The van der Waals surface area contributed by atoms with Crippen LogP contribution >= 0.6 is 0 Å². The summed E-state index contributed by atoms with van der Waals surface area (Å²) >= 11 is 0. The van der Waals surface area contributed by atoms with Crippen LogP contribution in [0.25, 0.3) is 0 Å². The molecule has 0 N–H and O–H groups in total. The lowest BCUT2D eigenvalue weighted by atomic mass is 10.1. The first kappa shape index (κ1) is 15.2. The molecule has 0 aliphatic heterocycles. The Kier molecular flexibility index (Phi) is 6.94. The molecule has 1 aromatic rings. The molecule has 0 bridgehead atoms. The number of ether oxygens (including phenoxy) is 1. The van der Waals surface area contributed by atoms with Gasteiger partial charge in [0.2, 0.25) is 0 Å². The van der Waals surface area contributed by atoms with E-state index in [-0.39, 0.29) is 0 Å². The van der Waals surface area contributed by atoms with E-state index in [1.54, 1.807) is 0 Å². The van der Waals surface area contributed by atoms with Gasteiger partial charge in [-0.15, -0.1) is 5.10 Å². The summed E-state index contributed by atoms with van der Waals surface area (Å²) in [6, 6.07) is 0. The van der Waals surface area contributed by atoms with Crippen molar-refractivity contribution in [3.05, 3.63) is 11.9 Å². The van der Waals surface area contributed by atoms with Crippen LogP contribution in [-0.2, 0) is 17.7 Å². The summed E-state index contributed by atoms with van der Waals surface area (Å²) in [7, 11) is 0. The lowest BCUT2D eigenvalue weighted by Gasteiger charge is -2.05. The van der Waals surface area contributed by atoms with Crippen LogP contribution < -0.4 is 0 Å². The van der Waals surface area contributed by atoms with Crippen LogP contribution in [0.4, 0.5) is 0 Å². The Hall–Kier alpha value is -0.900. The zero-order valence-corrected chi connectivity index (χ0v) is 12.2. The van der Waals surface area contributed by atoms with Crippen molar-refractivity contribution in [2.75, 3.05) is 6.61 Å². The van der Waals surface area contributed by atoms with Gasteiger partial charge in [-0.25, -0.2) is 0 Å². The second-order valence-corrected chi connectivity index (χ2v) is 5.53. The molecule has 1 aromatic heterocycles. The maximum Gasteiger partial charge on any atom is 0.0828 e. The fourth-order valence-electron chi connectivity index (χ4n) is 1.80. The quantitative estimate of drug-likeness (QED) is 0.635. The Labute approximate surface area is 111 Å². The van der Waals surface area contributed by atoms with E-state index >= 15 is 0 Å². The Morgan fingerprint density at radius 3 is 2.67 bits per heavy atom. The molecule has 0 saturated carbocycles. The smallest absolute Gasteiger partial charge is 0.0828 e. The van der Waals surface area contributed by atoms with Crippen LogP contribution in [0, 0.1) is 5.92 Å². The fourth-order valence-corrected chi connectivity index (χ4v) is 1.80. The zero-order chi connectivity index (χ0) is 13.4. The van der Waals surface area contributed by atoms with E-state index in [9.17, 15) is 0 Å². The number of aromatic nitrogens is 3. The average Bonchev–Trinajstić information content (AvgIpc) is 2.72. The summed E-state index contributed by atoms with van der Waals surface area (Å²) in [6.07, 6.45) is 6.78. The normalized spacial score (nSPS) is 11.7. The molecule has 0 fully saturated rings. The molecule has 4 heteroatoms. The maximum absolute atomic E-state index is 5.51. The van der Waals surface area contributed by atoms with Crippen LogP contribution in [0.3, 0.4) is 0 Å². The Morgan fingerprint density at radius 1 is 1.22 bits per heavy atom. The molecule has 0 aliphatic carbocycles. The highest BCUT2D eigenvalue weighted by Crippen LogP contribution is 2.06. The molecule has 0 unspecified atom stereocenters. The number of aryl methyl sites for hydroxylation is 2. The highest BCUT2D eigenvalue weighted by atomic mass is 16.5. The van der Waals surface area contributed by atoms with E-state index in [0.717, 1.165) is 37.6 Å². The molecular weight excluding hydrogens is 226 g/mol. The summed E-state index contributed by atoms with van der Waals surface area (Å²) in [5.41, 5.74) is 1.08. The van der Waals surface area contributed by atoms with E-state index < -0.39 is 0 Å². The van der Waals surface area contributed by atoms with Crippen molar-refractivity contribution in [2.45, 2.75) is 66.0 Å². The van der Waals surface area contributed by atoms with Gasteiger partial charge in [-0.3, -0.25) is 4.68 Å². The summed E-state index contributed by atoms with van der Waals surface area (Å²) in [6.45, 7) is 10.4. The minimum Gasteiger partial charge on any atom is -0.379 e. The molecule has 104 valence electrons. The minimum atomic E-state index is 0.316. The van der Waals surface area contributed by atoms with Crippen molar-refractivity contribution in [3.63, 3.8) is 0 Å². The second-order valence-electron chi connectivity index (χ2n) is 5.53. The third-order valence-corrected chi connectivity index (χ3v) is 2.78. The van der Waals surface area contributed by atoms with Gasteiger partial charge in [0.1, 0.15) is 0 Å². The molecule has 4 nitrogen and oxygen atoms in total. The number of hydrogen-bond acceptors (Lipinski definition) is 3. The lowest BCUT2D eigenvalue weighted by molar-refractivity contribution is 0.0770. The summed E-state index contributed by atoms with van der Waals surface area (Å²) in [5.74, 6) is 0.765. The molecule has 0 atom stereocenters. The SMILES string of the molecule is CC(C)CCCn1cc(CCCOC(C)C)nn1. The van der Waals surface area contributed by atoms with E-state index in [0.29, 0.717) is 6.10 Å². The lowest BCUT2D eigenvalue weighted by Crippen LogP contribution is -2.04. The van der Waals surface area contributed by atoms with Gasteiger partial charge in [0.15, 0.2) is 0 Å². The van der Waals surface area contributed by atoms with Crippen LogP contribution in [0.2, 0.25) is 0 Å². The van der Waals surface area contributed by atoms with Crippen LogP contribution in [0.15, 0.2) is 6.20 Å². The van der Waals surface area contributed by atoms with Crippen LogP contribution in [0.5, 0.6) is 0 Å². The average molecular weight is 253 g/mol. The van der Waals surface area contributed by atoms with Gasteiger partial charge < -0.3 is 4.74 Å². The van der Waals surface area contributed by atoms with Gasteiger partial charge in [-0.2, -0.15) is 0 Å². The third-order valence-electron chi connectivity index (χ3n) is 2.78. The largest absolute Gasteiger partial charge is 0.379 e. The standard InChI is InChI=1S/C14H27N3O/c1-12(2)7-5-9-17-11-14(15-16-17)8-6-10-18-13(3)4/h11-13H,5-10H2,1-4H3. The van der Waals surface area contributed by atoms with Crippen molar-refractivity contribution in [3.8, 4) is 0 Å².